The van der Waals surface area contributed by atoms with Crippen molar-refractivity contribution < 1.29 is 14.4 Å². The van der Waals surface area contributed by atoms with Crippen molar-refractivity contribution in [2.75, 3.05) is 19.6 Å². The van der Waals surface area contributed by atoms with Crippen LogP contribution in [0.5, 0.6) is 0 Å². The number of Topliss-reactive ketones (excluding diaryl/α,β-unsaturated/α-hetero) is 1. The first-order valence-corrected chi connectivity index (χ1v) is 5.32. The highest BCUT2D eigenvalue weighted by Crippen LogP contribution is 2.02. The van der Waals surface area contributed by atoms with E-state index in [0.717, 1.165) is 0 Å². The van der Waals surface area contributed by atoms with Gasteiger partial charge in [0.25, 0.3) is 0 Å². The molecule has 0 fully saturated rings. The lowest BCUT2D eigenvalue weighted by Gasteiger charge is -2.17. The minimum Gasteiger partial charge on any atom is -0.369 e. The summed E-state index contributed by atoms with van der Waals surface area (Å²) in [6.07, 6.45) is 3.40. The molecule has 0 aliphatic carbocycles. The molecule has 1 aromatic heterocycles. The van der Waals surface area contributed by atoms with E-state index in [1.807, 2.05) is 0 Å². The zero-order valence-corrected chi connectivity index (χ0v) is 10.1. The maximum absolute atomic E-state index is 11.9. The Morgan fingerprint density at radius 1 is 1.17 bits per heavy atom. The number of amides is 2. The number of hydrogen-bond acceptors (Lipinski definition) is 4. The van der Waals surface area contributed by atoms with Crippen molar-refractivity contribution in [2.45, 2.75) is 0 Å². The number of carbonyl (C=O) groups is 3. The molecule has 0 radical (unpaired) electrons. The summed E-state index contributed by atoms with van der Waals surface area (Å²) in [5, 5.41) is 0. The third-order valence-corrected chi connectivity index (χ3v) is 2.28. The molecule has 1 rings (SSSR count). The summed E-state index contributed by atoms with van der Waals surface area (Å²) in [7, 11) is 1.79. The Kier molecular flexibility index (Phi) is 4.61. The fraction of sp³-hybridized carbons (Fsp3) is 0.364. The van der Waals surface area contributed by atoms with Crippen LogP contribution in [-0.4, -0.2) is 46.7 Å². The number of aromatic nitrogens is 1. The SMILES string of the molecule is Cn1ccc(C(=O)CN(CC(N)=O)CC(N)=O)c1. The van der Waals surface area contributed by atoms with E-state index < -0.39 is 11.8 Å². The van der Waals surface area contributed by atoms with Crippen LogP contribution in [0.4, 0.5) is 0 Å². The lowest BCUT2D eigenvalue weighted by Crippen LogP contribution is -2.42. The summed E-state index contributed by atoms with van der Waals surface area (Å²) in [6.45, 7) is -0.432. The highest BCUT2D eigenvalue weighted by Gasteiger charge is 2.16. The van der Waals surface area contributed by atoms with Gasteiger partial charge in [0.05, 0.1) is 19.6 Å². The highest BCUT2D eigenvalue weighted by atomic mass is 16.2. The Morgan fingerprint density at radius 3 is 2.11 bits per heavy atom. The van der Waals surface area contributed by atoms with Gasteiger partial charge < -0.3 is 16.0 Å². The maximum atomic E-state index is 11.9. The van der Waals surface area contributed by atoms with E-state index in [9.17, 15) is 14.4 Å². The number of carbonyl (C=O) groups excluding carboxylic acids is 3. The van der Waals surface area contributed by atoms with Crippen LogP contribution < -0.4 is 11.5 Å². The number of nitrogens with two attached hydrogens (primary N) is 2. The van der Waals surface area contributed by atoms with Gasteiger partial charge in [0, 0.05) is 25.0 Å². The normalized spacial score (nSPS) is 10.6. The summed E-state index contributed by atoms with van der Waals surface area (Å²) in [6, 6.07) is 1.66. The largest absolute Gasteiger partial charge is 0.369 e. The van der Waals surface area contributed by atoms with E-state index in [0.29, 0.717) is 5.56 Å². The van der Waals surface area contributed by atoms with Gasteiger partial charge in [-0.05, 0) is 6.07 Å². The first-order chi connectivity index (χ1) is 8.38. The summed E-state index contributed by atoms with van der Waals surface area (Å²) in [5.74, 6) is -1.42. The molecule has 4 N–H and O–H groups in total. The van der Waals surface area contributed by atoms with Gasteiger partial charge in [-0.2, -0.15) is 0 Å². The average Bonchev–Trinajstić information content (AvgIpc) is 2.62. The predicted molar refractivity (Wildman–Crippen MR) is 64.6 cm³/mol. The van der Waals surface area contributed by atoms with Gasteiger partial charge in [-0.25, -0.2) is 0 Å². The number of primary amides is 2. The molecule has 0 spiro atoms. The lowest BCUT2D eigenvalue weighted by atomic mass is 10.2. The molecule has 0 saturated carbocycles. The van der Waals surface area contributed by atoms with Crippen molar-refractivity contribution in [2.24, 2.45) is 18.5 Å². The maximum Gasteiger partial charge on any atom is 0.231 e. The van der Waals surface area contributed by atoms with Gasteiger partial charge in [0.15, 0.2) is 5.78 Å². The number of aryl methyl sites for hydroxylation is 1. The summed E-state index contributed by atoms with van der Waals surface area (Å²) < 4.78 is 1.74. The van der Waals surface area contributed by atoms with Crippen molar-refractivity contribution >= 4 is 17.6 Å². The van der Waals surface area contributed by atoms with Crippen LogP contribution >= 0.6 is 0 Å². The molecule has 0 unspecified atom stereocenters. The summed E-state index contributed by atoms with van der Waals surface area (Å²) in [5.41, 5.74) is 10.6. The van der Waals surface area contributed by atoms with Gasteiger partial charge in [0.1, 0.15) is 0 Å². The quantitative estimate of drug-likeness (QED) is 0.574. The molecule has 0 aliphatic heterocycles. The molecule has 2 amide bonds. The highest BCUT2D eigenvalue weighted by molar-refractivity contribution is 5.98. The second-order valence-electron chi connectivity index (χ2n) is 4.07. The van der Waals surface area contributed by atoms with E-state index in [4.69, 9.17) is 11.5 Å². The Balaban J connectivity index is 2.67. The number of hydrogen-bond donors (Lipinski definition) is 2. The zero-order valence-electron chi connectivity index (χ0n) is 10.1. The standard InChI is InChI=1S/C11H16N4O3/c1-14-3-2-8(4-14)9(16)5-15(6-10(12)17)7-11(13)18/h2-4H,5-7H2,1H3,(H2,12,17)(H2,13,18). The average molecular weight is 252 g/mol. The third-order valence-electron chi connectivity index (χ3n) is 2.28. The van der Waals surface area contributed by atoms with E-state index in [-0.39, 0.29) is 25.4 Å². The smallest absolute Gasteiger partial charge is 0.231 e. The molecular formula is C11H16N4O3. The molecule has 0 saturated heterocycles. The number of rotatable bonds is 7. The summed E-state index contributed by atoms with van der Waals surface area (Å²) in [4.78, 5) is 34.8. The van der Waals surface area contributed by atoms with E-state index >= 15 is 0 Å². The molecule has 0 atom stereocenters. The molecule has 0 aromatic carbocycles. The van der Waals surface area contributed by atoms with E-state index in [1.165, 1.54) is 4.90 Å². The molecule has 0 bridgehead atoms. The van der Waals surface area contributed by atoms with Crippen LogP contribution in [0.2, 0.25) is 0 Å². The molecule has 1 aromatic rings. The first kappa shape index (κ1) is 13.9. The fourth-order valence-electron chi connectivity index (χ4n) is 1.57. The van der Waals surface area contributed by atoms with Crippen molar-refractivity contribution in [3.8, 4) is 0 Å². The van der Waals surface area contributed by atoms with E-state index in [2.05, 4.69) is 0 Å². The second kappa shape index (κ2) is 5.97. The third kappa shape index (κ3) is 4.38. The molecule has 1 heterocycles. The minimum atomic E-state index is -0.614. The first-order valence-electron chi connectivity index (χ1n) is 5.32. The number of nitrogens with zero attached hydrogens (tertiary/aromatic N) is 2. The Labute approximate surface area is 104 Å². The molecule has 7 heteroatoms. The van der Waals surface area contributed by atoms with Crippen LogP contribution in [0.3, 0.4) is 0 Å². The second-order valence-corrected chi connectivity index (χ2v) is 4.07. The van der Waals surface area contributed by atoms with Gasteiger partial charge >= 0.3 is 0 Å². The zero-order chi connectivity index (χ0) is 13.7. The molecule has 18 heavy (non-hydrogen) atoms. The van der Waals surface area contributed by atoms with Crippen LogP contribution in [-0.2, 0) is 16.6 Å². The van der Waals surface area contributed by atoms with Crippen molar-refractivity contribution in [3.63, 3.8) is 0 Å². The minimum absolute atomic E-state index is 0.0735. The predicted octanol–water partition coefficient (Wildman–Crippen LogP) is -1.52. The van der Waals surface area contributed by atoms with Crippen molar-refractivity contribution in [1.82, 2.24) is 9.47 Å². The monoisotopic (exact) mass is 252 g/mol. The fourth-order valence-corrected chi connectivity index (χ4v) is 1.57. The topological polar surface area (TPSA) is 111 Å². The van der Waals surface area contributed by atoms with Crippen LogP contribution in [0.1, 0.15) is 10.4 Å². The Bertz CT molecular complexity index is 451. The Morgan fingerprint density at radius 2 is 1.72 bits per heavy atom. The van der Waals surface area contributed by atoms with Crippen LogP contribution in [0.25, 0.3) is 0 Å². The van der Waals surface area contributed by atoms with Gasteiger partial charge in [0.2, 0.25) is 11.8 Å². The number of ketones is 1. The van der Waals surface area contributed by atoms with Gasteiger partial charge in [-0.3, -0.25) is 19.3 Å². The van der Waals surface area contributed by atoms with E-state index in [1.54, 1.807) is 30.1 Å². The van der Waals surface area contributed by atoms with Gasteiger partial charge in [-0.1, -0.05) is 0 Å². The van der Waals surface area contributed by atoms with Crippen molar-refractivity contribution in [1.29, 1.82) is 0 Å². The summed E-state index contributed by atoms with van der Waals surface area (Å²) >= 11 is 0. The van der Waals surface area contributed by atoms with Crippen LogP contribution in [0.15, 0.2) is 18.5 Å². The molecular weight excluding hydrogens is 236 g/mol. The van der Waals surface area contributed by atoms with Crippen molar-refractivity contribution in [3.05, 3.63) is 24.0 Å². The molecule has 7 nitrogen and oxygen atoms in total. The lowest BCUT2D eigenvalue weighted by molar-refractivity contribution is -0.121. The van der Waals surface area contributed by atoms with Gasteiger partial charge in [-0.15, -0.1) is 0 Å². The Hall–Kier alpha value is -2.15. The molecule has 0 aliphatic rings. The molecule has 98 valence electrons. The van der Waals surface area contributed by atoms with Crippen LogP contribution in [0, 0.1) is 0 Å².